The number of nitrogens with one attached hydrogen (secondary N) is 1. The van der Waals surface area contributed by atoms with Crippen molar-refractivity contribution in [2.75, 3.05) is 19.7 Å². The maximum atomic E-state index is 12.1. The molecule has 1 amide bonds. The van der Waals surface area contributed by atoms with Crippen molar-refractivity contribution in [3.05, 3.63) is 0 Å². The molecule has 0 aromatic heterocycles. The van der Waals surface area contributed by atoms with Crippen molar-refractivity contribution in [2.45, 2.75) is 50.7 Å². The van der Waals surface area contributed by atoms with Crippen LogP contribution in [-0.4, -0.2) is 42.4 Å². The Labute approximate surface area is 114 Å². The van der Waals surface area contributed by atoms with Crippen molar-refractivity contribution in [1.29, 1.82) is 0 Å². The van der Waals surface area contributed by atoms with E-state index in [9.17, 15) is 9.90 Å². The number of nitrogens with two attached hydrogens (primary N) is 1. The average Bonchev–Trinajstić information content (AvgIpc) is 2.77. The molecule has 5 heteroatoms. The van der Waals surface area contributed by atoms with Gasteiger partial charge in [0.2, 0.25) is 5.91 Å². The standard InChI is InChI=1S/C14H26N2O3/c1-10-14(18,6-7-19-10)9-16-13(17)12-4-2-11(8-15)3-5-12/h10-12,18H,2-9,15H2,1H3,(H,16,17). The molecular formula is C14H26N2O3. The molecule has 0 spiro atoms. The Balaban J connectivity index is 1.76. The molecule has 19 heavy (non-hydrogen) atoms. The molecule has 2 fully saturated rings. The fourth-order valence-electron chi connectivity index (χ4n) is 3.05. The molecule has 1 aliphatic carbocycles. The quantitative estimate of drug-likeness (QED) is 0.690. The summed E-state index contributed by atoms with van der Waals surface area (Å²) in [5, 5.41) is 13.2. The van der Waals surface area contributed by atoms with Gasteiger partial charge >= 0.3 is 0 Å². The van der Waals surface area contributed by atoms with E-state index in [1.807, 2.05) is 6.92 Å². The number of hydrogen-bond acceptors (Lipinski definition) is 4. The molecule has 0 aromatic rings. The third kappa shape index (κ3) is 3.46. The predicted molar refractivity (Wildman–Crippen MR) is 72.5 cm³/mol. The summed E-state index contributed by atoms with van der Waals surface area (Å²) in [4.78, 5) is 12.1. The summed E-state index contributed by atoms with van der Waals surface area (Å²) in [6.07, 6.45) is 4.29. The van der Waals surface area contributed by atoms with Crippen LogP contribution in [0, 0.1) is 11.8 Å². The molecule has 5 nitrogen and oxygen atoms in total. The summed E-state index contributed by atoms with van der Waals surface area (Å²) in [6.45, 7) is 3.44. The first-order valence-electron chi connectivity index (χ1n) is 7.37. The monoisotopic (exact) mass is 270 g/mol. The summed E-state index contributed by atoms with van der Waals surface area (Å²) < 4.78 is 5.36. The SMILES string of the molecule is CC1OCCC1(O)CNC(=O)C1CCC(CN)CC1. The van der Waals surface area contributed by atoms with E-state index in [1.165, 1.54) is 0 Å². The third-order valence-corrected chi connectivity index (χ3v) is 4.78. The zero-order valence-electron chi connectivity index (χ0n) is 11.7. The summed E-state index contributed by atoms with van der Waals surface area (Å²) >= 11 is 0. The van der Waals surface area contributed by atoms with Crippen molar-refractivity contribution < 1.29 is 14.6 Å². The smallest absolute Gasteiger partial charge is 0.223 e. The van der Waals surface area contributed by atoms with Gasteiger partial charge < -0.3 is 20.9 Å². The molecule has 2 unspecified atom stereocenters. The van der Waals surface area contributed by atoms with Crippen LogP contribution >= 0.6 is 0 Å². The Morgan fingerprint density at radius 1 is 1.42 bits per heavy atom. The van der Waals surface area contributed by atoms with Crippen molar-refractivity contribution in [2.24, 2.45) is 17.6 Å². The highest BCUT2D eigenvalue weighted by Crippen LogP contribution is 2.29. The second kappa shape index (κ2) is 6.20. The number of ether oxygens (including phenoxy) is 1. The van der Waals surface area contributed by atoms with E-state index in [1.54, 1.807) is 0 Å². The van der Waals surface area contributed by atoms with Gasteiger partial charge in [-0.2, -0.15) is 0 Å². The average molecular weight is 270 g/mol. The number of aliphatic hydroxyl groups is 1. The molecule has 0 bridgehead atoms. The van der Waals surface area contributed by atoms with Crippen LogP contribution in [-0.2, 0) is 9.53 Å². The third-order valence-electron chi connectivity index (χ3n) is 4.78. The Morgan fingerprint density at radius 3 is 2.63 bits per heavy atom. The highest BCUT2D eigenvalue weighted by molar-refractivity contribution is 5.78. The van der Waals surface area contributed by atoms with Crippen LogP contribution in [0.4, 0.5) is 0 Å². The highest BCUT2D eigenvalue weighted by atomic mass is 16.5. The minimum Gasteiger partial charge on any atom is -0.385 e. The van der Waals surface area contributed by atoms with Gasteiger partial charge in [0.1, 0.15) is 5.60 Å². The van der Waals surface area contributed by atoms with Gasteiger partial charge in [-0.3, -0.25) is 4.79 Å². The van der Waals surface area contributed by atoms with E-state index in [0.717, 1.165) is 32.2 Å². The van der Waals surface area contributed by atoms with Crippen LogP contribution in [0.3, 0.4) is 0 Å². The summed E-state index contributed by atoms with van der Waals surface area (Å²) in [5.41, 5.74) is 4.75. The first-order valence-corrected chi connectivity index (χ1v) is 7.37. The molecule has 0 aromatic carbocycles. The normalized spacial score (nSPS) is 39.2. The minimum absolute atomic E-state index is 0.0722. The lowest BCUT2D eigenvalue weighted by Crippen LogP contribution is -2.49. The summed E-state index contributed by atoms with van der Waals surface area (Å²) in [7, 11) is 0. The number of carbonyl (C=O) groups excluding carboxylic acids is 1. The second-order valence-electron chi connectivity index (χ2n) is 6.04. The molecule has 2 aliphatic rings. The van der Waals surface area contributed by atoms with E-state index in [4.69, 9.17) is 10.5 Å². The number of rotatable bonds is 4. The van der Waals surface area contributed by atoms with E-state index in [-0.39, 0.29) is 17.9 Å². The lowest BCUT2D eigenvalue weighted by atomic mass is 9.81. The Morgan fingerprint density at radius 2 is 2.11 bits per heavy atom. The van der Waals surface area contributed by atoms with Crippen LogP contribution < -0.4 is 11.1 Å². The maximum absolute atomic E-state index is 12.1. The summed E-state index contributed by atoms with van der Waals surface area (Å²) in [6, 6.07) is 0. The number of hydrogen-bond donors (Lipinski definition) is 3. The van der Waals surface area contributed by atoms with Crippen LogP contribution in [0.15, 0.2) is 0 Å². The maximum Gasteiger partial charge on any atom is 0.223 e. The van der Waals surface area contributed by atoms with Crippen molar-refractivity contribution >= 4 is 5.91 Å². The van der Waals surface area contributed by atoms with Gasteiger partial charge in [0.15, 0.2) is 0 Å². The second-order valence-corrected chi connectivity index (χ2v) is 6.04. The lowest BCUT2D eigenvalue weighted by molar-refractivity contribution is -0.128. The predicted octanol–water partition coefficient (Wildman–Crippen LogP) is 0.408. The molecule has 1 aliphatic heterocycles. The topological polar surface area (TPSA) is 84.6 Å². The van der Waals surface area contributed by atoms with Gasteiger partial charge in [0, 0.05) is 25.5 Å². The fourth-order valence-corrected chi connectivity index (χ4v) is 3.05. The molecule has 1 heterocycles. The first-order chi connectivity index (χ1) is 9.05. The van der Waals surface area contributed by atoms with Crippen LogP contribution in [0.1, 0.15) is 39.0 Å². The molecule has 110 valence electrons. The number of carbonyl (C=O) groups is 1. The summed E-state index contributed by atoms with van der Waals surface area (Å²) in [5.74, 6) is 0.739. The van der Waals surface area contributed by atoms with Crippen LogP contribution in [0.25, 0.3) is 0 Å². The molecule has 1 saturated heterocycles. The van der Waals surface area contributed by atoms with Gasteiger partial charge in [-0.15, -0.1) is 0 Å². The molecular weight excluding hydrogens is 244 g/mol. The van der Waals surface area contributed by atoms with Crippen LogP contribution in [0.5, 0.6) is 0 Å². The molecule has 0 radical (unpaired) electrons. The minimum atomic E-state index is -0.899. The van der Waals surface area contributed by atoms with Gasteiger partial charge in [-0.1, -0.05) is 0 Å². The zero-order chi connectivity index (χ0) is 13.9. The van der Waals surface area contributed by atoms with Gasteiger partial charge in [0.05, 0.1) is 6.10 Å². The van der Waals surface area contributed by atoms with Crippen molar-refractivity contribution in [1.82, 2.24) is 5.32 Å². The number of amides is 1. The van der Waals surface area contributed by atoms with E-state index >= 15 is 0 Å². The van der Waals surface area contributed by atoms with E-state index in [2.05, 4.69) is 5.32 Å². The fraction of sp³-hybridized carbons (Fsp3) is 0.929. The van der Waals surface area contributed by atoms with Gasteiger partial charge in [-0.25, -0.2) is 0 Å². The van der Waals surface area contributed by atoms with E-state index in [0.29, 0.717) is 25.5 Å². The Bertz CT molecular complexity index is 316. The van der Waals surface area contributed by atoms with Gasteiger partial charge in [0.25, 0.3) is 0 Å². The Kier molecular flexibility index (Phi) is 4.81. The van der Waals surface area contributed by atoms with Crippen molar-refractivity contribution in [3.8, 4) is 0 Å². The highest BCUT2D eigenvalue weighted by Gasteiger charge is 2.40. The van der Waals surface area contributed by atoms with Crippen molar-refractivity contribution in [3.63, 3.8) is 0 Å². The molecule has 4 N–H and O–H groups in total. The van der Waals surface area contributed by atoms with E-state index < -0.39 is 5.60 Å². The molecule has 1 saturated carbocycles. The molecule has 2 rings (SSSR count). The van der Waals surface area contributed by atoms with Crippen LogP contribution in [0.2, 0.25) is 0 Å². The largest absolute Gasteiger partial charge is 0.385 e. The lowest BCUT2D eigenvalue weighted by Gasteiger charge is -2.30. The zero-order valence-corrected chi connectivity index (χ0v) is 11.7. The molecule has 2 atom stereocenters. The Hall–Kier alpha value is -0.650. The first kappa shape index (κ1) is 14.8. The van der Waals surface area contributed by atoms with Gasteiger partial charge in [-0.05, 0) is 45.1 Å².